The number of sulfone groups is 1. The molecule has 2 aromatic heterocycles. The highest BCUT2D eigenvalue weighted by molar-refractivity contribution is 7.90. The Morgan fingerprint density at radius 2 is 1.77 bits per heavy atom. The van der Waals surface area contributed by atoms with Crippen molar-refractivity contribution >= 4 is 26.7 Å². The van der Waals surface area contributed by atoms with E-state index in [9.17, 15) is 18.3 Å². The minimum absolute atomic E-state index is 0.0314. The van der Waals surface area contributed by atoms with E-state index in [-0.39, 0.29) is 17.2 Å². The average molecular weight is 422 g/mol. The van der Waals surface area contributed by atoms with Crippen molar-refractivity contribution in [3.05, 3.63) is 66.4 Å². The van der Waals surface area contributed by atoms with Crippen LogP contribution in [0.3, 0.4) is 0 Å². The van der Waals surface area contributed by atoms with Gasteiger partial charge in [-0.1, -0.05) is 36.4 Å². The van der Waals surface area contributed by atoms with E-state index in [0.29, 0.717) is 33.3 Å². The third-order valence-electron chi connectivity index (χ3n) is 4.81. The second kappa shape index (κ2) is 7.31. The van der Waals surface area contributed by atoms with E-state index >= 15 is 0 Å². The molecule has 0 fully saturated rings. The number of benzene rings is 2. The molecule has 4 rings (SSSR count). The van der Waals surface area contributed by atoms with E-state index in [2.05, 4.69) is 9.97 Å². The summed E-state index contributed by atoms with van der Waals surface area (Å²) >= 11 is 0. The number of pyridine rings is 1. The molecule has 7 nitrogen and oxygen atoms in total. The first-order valence-electron chi connectivity index (χ1n) is 9.05. The number of aromatic nitrogens is 2. The molecular weight excluding hydrogens is 404 g/mol. The van der Waals surface area contributed by atoms with Gasteiger partial charge in [-0.05, 0) is 29.3 Å². The van der Waals surface area contributed by atoms with Gasteiger partial charge < -0.3 is 15.2 Å². The highest BCUT2D eigenvalue weighted by Gasteiger charge is 2.18. The number of hydrogen-bond donors (Lipinski definition) is 3. The maximum atomic E-state index is 12.0. The first-order chi connectivity index (χ1) is 14.2. The van der Waals surface area contributed by atoms with Crippen molar-refractivity contribution in [2.75, 3.05) is 6.26 Å². The summed E-state index contributed by atoms with van der Waals surface area (Å²) < 4.78 is 24.0. The van der Waals surface area contributed by atoms with Gasteiger partial charge in [0.25, 0.3) is 0 Å². The zero-order chi connectivity index (χ0) is 21.5. The van der Waals surface area contributed by atoms with Gasteiger partial charge in [0.2, 0.25) is 0 Å². The fraction of sp³-hybridized carbons (Fsp3) is 0.0909. The van der Waals surface area contributed by atoms with Crippen LogP contribution in [0.15, 0.2) is 65.8 Å². The third kappa shape index (κ3) is 3.65. The number of fused-ring (bicyclic) bond motifs is 1. The van der Waals surface area contributed by atoms with Crippen LogP contribution in [0.4, 0.5) is 0 Å². The number of carboxylic acids is 1. The number of nitrogens with one attached hydrogen (secondary N) is 1. The lowest BCUT2D eigenvalue weighted by molar-refractivity contribution is -0.136. The van der Waals surface area contributed by atoms with Crippen LogP contribution in [-0.4, -0.2) is 40.8 Å². The van der Waals surface area contributed by atoms with Gasteiger partial charge in [-0.25, -0.2) is 13.4 Å². The lowest BCUT2D eigenvalue weighted by Crippen LogP contribution is -2.01. The van der Waals surface area contributed by atoms with Crippen molar-refractivity contribution in [2.45, 2.75) is 11.4 Å². The van der Waals surface area contributed by atoms with Crippen LogP contribution < -0.4 is 0 Å². The second-order valence-electron chi connectivity index (χ2n) is 7.00. The third-order valence-corrected chi connectivity index (χ3v) is 5.82. The molecule has 0 unspecified atom stereocenters. The van der Waals surface area contributed by atoms with Crippen LogP contribution in [0, 0.1) is 0 Å². The number of para-hydroxylation sites is 1. The van der Waals surface area contributed by atoms with E-state index < -0.39 is 15.8 Å². The summed E-state index contributed by atoms with van der Waals surface area (Å²) in [5.41, 5.74) is 3.44. The summed E-state index contributed by atoms with van der Waals surface area (Å²) in [5.74, 6) is -0.877. The monoisotopic (exact) mass is 422 g/mol. The van der Waals surface area contributed by atoms with Crippen LogP contribution in [0.2, 0.25) is 0 Å². The molecule has 0 aliphatic heterocycles. The van der Waals surface area contributed by atoms with Gasteiger partial charge in [0.15, 0.2) is 14.9 Å². The molecular formula is C22H18N2O5S. The van der Waals surface area contributed by atoms with Crippen molar-refractivity contribution in [1.82, 2.24) is 9.97 Å². The zero-order valence-corrected chi connectivity index (χ0v) is 16.8. The van der Waals surface area contributed by atoms with Crippen LogP contribution in [0.5, 0.6) is 5.75 Å². The molecule has 4 aromatic rings. The number of carbonyl (C=O) groups is 1. The molecule has 2 aromatic carbocycles. The lowest BCUT2D eigenvalue weighted by Gasteiger charge is -2.10. The molecule has 0 aliphatic rings. The van der Waals surface area contributed by atoms with E-state index in [1.54, 1.807) is 54.6 Å². The predicted octanol–water partition coefficient (Wildman–Crippen LogP) is 3.63. The fourth-order valence-corrected chi connectivity index (χ4v) is 4.22. The second-order valence-corrected chi connectivity index (χ2v) is 8.94. The fourth-order valence-electron chi connectivity index (χ4n) is 3.43. The number of aromatic amines is 1. The molecule has 0 saturated heterocycles. The minimum Gasteiger partial charge on any atom is -0.507 e. The molecule has 152 valence electrons. The minimum atomic E-state index is -3.52. The molecule has 8 heteroatoms. The number of aromatic hydroxyl groups is 1. The maximum absolute atomic E-state index is 12.0. The quantitative estimate of drug-likeness (QED) is 0.452. The van der Waals surface area contributed by atoms with Crippen LogP contribution in [-0.2, 0) is 21.1 Å². The van der Waals surface area contributed by atoms with Crippen LogP contribution >= 0.6 is 0 Å². The first-order valence-corrected chi connectivity index (χ1v) is 10.9. The number of rotatable bonds is 5. The Kier molecular flexibility index (Phi) is 4.79. The molecule has 0 spiro atoms. The molecule has 0 amide bonds. The lowest BCUT2D eigenvalue weighted by atomic mass is 9.98. The van der Waals surface area contributed by atoms with Gasteiger partial charge in [0.05, 0.1) is 17.6 Å². The number of carboxylic acid groups (broad SMARTS) is 1. The number of H-pyrrole nitrogens is 1. The number of nitrogens with zero attached hydrogens (tertiary/aromatic N) is 1. The van der Waals surface area contributed by atoms with Gasteiger partial charge in [-0.3, -0.25) is 4.79 Å². The molecule has 2 heterocycles. The highest BCUT2D eigenvalue weighted by Crippen LogP contribution is 2.39. The SMILES string of the molecule is CS(=O)(=O)c1nccc2cc(-c3cccc(-c4ccc(CC(=O)O)cc4)c3O)[nH]c12. The Morgan fingerprint density at radius 1 is 1.07 bits per heavy atom. The van der Waals surface area contributed by atoms with E-state index in [1.165, 1.54) is 6.20 Å². The smallest absolute Gasteiger partial charge is 0.307 e. The molecule has 0 atom stereocenters. The average Bonchev–Trinajstić information content (AvgIpc) is 3.11. The largest absolute Gasteiger partial charge is 0.507 e. The molecule has 30 heavy (non-hydrogen) atoms. The molecule has 0 saturated carbocycles. The van der Waals surface area contributed by atoms with Crippen molar-refractivity contribution in [3.63, 3.8) is 0 Å². The van der Waals surface area contributed by atoms with Gasteiger partial charge >= 0.3 is 5.97 Å². The maximum Gasteiger partial charge on any atom is 0.307 e. The predicted molar refractivity (Wildman–Crippen MR) is 113 cm³/mol. The molecule has 3 N–H and O–H groups in total. The van der Waals surface area contributed by atoms with Gasteiger partial charge in [-0.2, -0.15) is 0 Å². The van der Waals surface area contributed by atoms with Crippen molar-refractivity contribution in [1.29, 1.82) is 0 Å². The summed E-state index contributed by atoms with van der Waals surface area (Å²) in [6.07, 6.45) is 2.46. The first kappa shape index (κ1) is 19.7. The zero-order valence-electron chi connectivity index (χ0n) is 16.0. The van der Waals surface area contributed by atoms with Gasteiger partial charge in [-0.15, -0.1) is 0 Å². The van der Waals surface area contributed by atoms with E-state index in [0.717, 1.165) is 11.8 Å². The Morgan fingerprint density at radius 3 is 2.43 bits per heavy atom. The Labute approximate surface area is 172 Å². The number of phenols is 1. The molecule has 0 bridgehead atoms. The van der Waals surface area contributed by atoms with Gasteiger partial charge in [0, 0.05) is 29.0 Å². The Hall–Kier alpha value is -3.65. The normalized spacial score (nSPS) is 11.6. The number of hydrogen-bond acceptors (Lipinski definition) is 5. The van der Waals surface area contributed by atoms with Gasteiger partial charge in [0.1, 0.15) is 5.75 Å². The Bertz CT molecular complexity index is 1370. The van der Waals surface area contributed by atoms with E-state index in [4.69, 9.17) is 5.11 Å². The number of phenolic OH excluding ortho intramolecular Hbond substituents is 1. The summed E-state index contributed by atoms with van der Waals surface area (Å²) in [4.78, 5) is 17.9. The van der Waals surface area contributed by atoms with Crippen molar-refractivity contribution < 1.29 is 23.4 Å². The van der Waals surface area contributed by atoms with Crippen LogP contribution in [0.25, 0.3) is 33.3 Å². The standard InChI is InChI=1S/C22H18N2O5S/c1-30(28,29)22-20-15(9-10-23-22)12-18(24-20)17-4-2-3-16(21(17)27)14-7-5-13(6-8-14)11-19(25)26/h2-10,12,24,27H,11H2,1H3,(H,25,26). The highest BCUT2D eigenvalue weighted by atomic mass is 32.2. The molecule has 0 aliphatic carbocycles. The summed E-state index contributed by atoms with van der Waals surface area (Å²) in [6.45, 7) is 0. The summed E-state index contributed by atoms with van der Waals surface area (Å²) in [5, 5.41) is 20.4. The van der Waals surface area contributed by atoms with E-state index in [1.807, 2.05) is 0 Å². The molecule has 0 radical (unpaired) electrons. The summed E-state index contributed by atoms with van der Waals surface area (Å²) in [7, 11) is -3.52. The Balaban J connectivity index is 1.79. The topological polar surface area (TPSA) is 120 Å². The number of aliphatic carboxylic acids is 1. The summed E-state index contributed by atoms with van der Waals surface area (Å²) in [6, 6.07) is 15.7. The van der Waals surface area contributed by atoms with Crippen molar-refractivity contribution in [2.24, 2.45) is 0 Å². The van der Waals surface area contributed by atoms with Crippen molar-refractivity contribution in [3.8, 4) is 28.1 Å². The van der Waals surface area contributed by atoms with Crippen LogP contribution in [0.1, 0.15) is 5.56 Å².